The molecule has 6 nitrogen and oxygen atoms in total. The molecule has 0 atom stereocenters. The lowest BCUT2D eigenvalue weighted by atomic mass is 9.97. The van der Waals surface area contributed by atoms with Crippen molar-refractivity contribution in [3.05, 3.63) is 42.6 Å². The summed E-state index contributed by atoms with van der Waals surface area (Å²) >= 11 is 0. The molecule has 4 rings (SSSR count). The van der Waals surface area contributed by atoms with E-state index in [1.54, 1.807) is 22.8 Å². The smallest absolute Gasteiger partial charge is 0.406 e. The minimum absolute atomic E-state index is 0.261. The van der Waals surface area contributed by atoms with Gasteiger partial charge in [0.25, 0.3) is 0 Å². The van der Waals surface area contributed by atoms with E-state index in [1.807, 2.05) is 12.1 Å². The lowest BCUT2D eigenvalue weighted by Crippen LogP contribution is -2.33. The third-order valence-corrected chi connectivity index (χ3v) is 5.16. The third kappa shape index (κ3) is 4.79. The molecule has 29 heavy (non-hydrogen) atoms. The maximum absolute atomic E-state index is 12.3. The van der Waals surface area contributed by atoms with Gasteiger partial charge in [0.15, 0.2) is 5.65 Å². The molecule has 0 amide bonds. The number of imidazole rings is 1. The highest BCUT2D eigenvalue weighted by molar-refractivity contribution is 5.64. The normalized spacial score (nSPS) is 16.3. The van der Waals surface area contributed by atoms with E-state index in [9.17, 15) is 13.2 Å². The number of aromatic nitrogens is 3. The molecule has 2 aromatic heterocycles. The molecule has 154 valence electrons. The molecule has 0 radical (unpaired) electrons. The van der Waals surface area contributed by atoms with Gasteiger partial charge in [-0.25, -0.2) is 9.50 Å². The zero-order valence-corrected chi connectivity index (χ0v) is 16.0. The van der Waals surface area contributed by atoms with Gasteiger partial charge in [0.05, 0.1) is 11.9 Å². The Morgan fingerprint density at radius 2 is 1.83 bits per heavy atom. The lowest BCUT2D eigenvalue weighted by Gasteiger charge is -2.29. The van der Waals surface area contributed by atoms with E-state index in [2.05, 4.69) is 32.1 Å². The van der Waals surface area contributed by atoms with Crippen LogP contribution in [-0.2, 0) is 0 Å². The highest BCUT2D eigenvalue weighted by Gasteiger charge is 2.31. The third-order valence-electron chi connectivity index (χ3n) is 5.16. The molecule has 0 aliphatic carbocycles. The van der Waals surface area contributed by atoms with Crippen molar-refractivity contribution in [2.45, 2.75) is 19.2 Å². The van der Waals surface area contributed by atoms with Crippen molar-refractivity contribution < 1.29 is 17.9 Å². The van der Waals surface area contributed by atoms with E-state index >= 15 is 0 Å². The molecule has 1 saturated heterocycles. The first-order valence-corrected chi connectivity index (χ1v) is 9.51. The number of hydrogen-bond acceptors (Lipinski definition) is 5. The van der Waals surface area contributed by atoms with Crippen molar-refractivity contribution in [2.24, 2.45) is 5.92 Å². The minimum Gasteiger partial charge on any atom is -0.406 e. The molecular weight excluding hydrogens is 383 g/mol. The van der Waals surface area contributed by atoms with Crippen LogP contribution in [0.25, 0.3) is 16.9 Å². The summed E-state index contributed by atoms with van der Waals surface area (Å²) < 4.78 is 42.6. The number of nitrogens with one attached hydrogen (secondary N) is 1. The fraction of sp³-hybridized carbons (Fsp3) is 0.400. The maximum Gasteiger partial charge on any atom is 0.573 e. The molecule has 9 heteroatoms. The maximum atomic E-state index is 12.3. The average molecular weight is 405 g/mol. The largest absolute Gasteiger partial charge is 0.573 e. The first-order valence-electron chi connectivity index (χ1n) is 9.51. The van der Waals surface area contributed by atoms with Crippen LogP contribution in [0.5, 0.6) is 5.75 Å². The predicted molar refractivity (Wildman–Crippen MR) is 104 cm³/mol. The molecule has 1 aromatic carbocycles. The number of halogens is 3. The number of alkyl halides is 3. The van der Waals surface area contributed by atoms with Crippen LogP contribution in [0.2, 0.25) is 0 Å². The zero-order chi connectivity index (χ0) is 20.4. The first-order chi connectivity index (χ1) is 13.9. The molecule has 1 fully saturated rings. The van der Waals surface area contributed by atoms with Crippen molar-refractivity contribution in [3.8, 4) is 17.0 Å². The van der Waals surface area contributed by atoms with Crippen molar-refractivity contribution in [1.82, 2.24) is 19.5 Å². The molecule has 0 saturated carbocycles. The number of nitrogens with zero attached hydrogens (tertiary/aromatic N) is 4. The van der Waals surface area contributed by atoms with Gasteiger partial charge in [-0.05, 0) is 75.3 Å². The van der Waals surface area contributed by atoms with Gasteiger partial charge in [-0.2, -0.15) is 0 Å². The van der Waals surface area contributed by atoms with E-state index in [1.165, 1.54) is 12.1 Å². The van der Waals surface area contributed by atoms with Crippen LogP contribution in [0.4, 0.5) is 19.0 Å². The summed E-state index contributed by atoms with van der Waals surface area (Å²) in [6, 6.07) is 9.44. The monoisotopic (exact) mass is 405 g/mol. The van der Waals surface area contributed by atoms with Gasteiger partial charge in [0, 0.05) is 12.1 Å². The molecule has 3 aromatic rings. The molecular formula is C20H22F3N5O. The molecule has 3 heterocycles. The Balaban J connectivity index is 1.49. The Morgan fingerprint density at radius 3 is 2.52 bits per heavy atom. The van der Waals surface area contributed by atoms with Crippen LogP contribution in [0.15, 0.2) is 42.6 Å². The van der Waals surface area contributed by atoms with Crippen molar-refractivity contribution >= 4 is 11.5 Å². The van der Waals surface area contributed by atoms with Crippen LogP contribution in [0, 0.1) is 5.92 Å². The minimum atomic E-state index is -4.71. The van der Waals surface area contributed by atoms with Crippen LogP contribution < -0.4 is 10.1 Å². The summed E-state index contributed by atoms with van der Waals surface area (Å²) in [7, 11) is 2.14. The molecule has 1 N–H and O–H groups in total. The Morgan fingerprint density at radius 1 is 1.10 bits per heavy atom. The van der Waals surface area contributed by atoms with Gasteiger partial charge in [-0.3, -0.25) is 0 Å². The van der Waals surface area contributed by atoms with Crippen LogP contribution >= 0.6 is 0 Å². The summed E-state index contributed by atoms with van der Waals surface area (Å²) in [4.78, 5) is 6.67. The molecule has 0 spiro atoms. The number of ether oxygens (including phenoxy) is 1. The zero-order valence-electron chi connectivity index (χ0n) is 16.0. The van der Waals surface area contributed by atoms with Crippen LogP contribution in [0.3, 0.4) is 0 Å². The Hall–Kier alpha value is -2.81. The number of benzene rings is 1. The van der Waals surface area contributed by atoms with E-state index in [4.69, 9.17) is 0 Å². The fourth-order valence-corrected chi connectivity index (χ4v) is 3.51. The second kappa shape index (κ2) is 7.90. The summed E-state index contributed by atoms with van der Waals surface area (Å²) in [5, 5.41) is 8.02. The van der Waals surface area contributed by atoms with Gasteiger partial charge in [0.1, 0.15) is 11.6 Å². The van der Waals surface area contributed by atoms with Gasteiger partial charge in [-0.1, -0.05) is 0 Å². The number of anilines is 1. The molecule has 1 aliphatic rings. The predicted octanol–water partition coefficient (Wildman–Crippen LogP) is 4.05. The Kier molecular flexibility index (Phi) is 5.31. The van der Waals surface area contributed by atoms with E-state index in [-0.39, 0.29) is 5.75 Å². The molecule has 1 aliphatic heterocycles. The second-order valence-corrected chi connectivity index (χ2v) is 7.33. The topological polar surface area (TPSA) is 54.7 Å². The average Bonchev–Trinajstić information content (AvgIpc) is 3.10. The first kappa shape index (κ1) is 19.5. The Bertz CT molecular complexity index is 962. The van der Waals surface area contributed by atoms with E-state index < -0.39 is 6.36 Å². The fourth-order valence-electron chi connectivity index (χ4n) is 3.51. The Labute approximate surface area is 166 Å². The second-order valence-electron chi connectivity index (χ2n) is 7.33. The number of likely N-dealkylation sites (tertiary alicyclic amines) is 1. The lowest BCUT2D eigenvalue weighted by molar-refractivity contribution is -0.274. The van der Waals surface area contributed by atoms with Crippen molar-refractivity contribution in [1.29, 1.82) is 0 Å². The number of hydrogen-bond donors (Lipinski definition) is 1. The van der Waals surface area contributed by atoms with Crippen LogP contribution in [0.1, 0.15) is 12.8 Å². The van der Waals surface area contributed by atoms with E-state index in [0.717, 1.165) is 38.3 Å². The SMILES string of the molecule is CN1CCC(CNc2ccc3ncc(-c4ccc(OC(F)(F)F)cc4)n3n2)CC1. The number of piperidine rings is 1. The molecule has 0 bridgehead atoms. The standard InChI is InChI=1S/C20H22F3N5O/c1-27-10-8-14(9-11-27)12-24-18-6-7-19-25-13-17(28(19)26-18)15-2-4-16(5-3-15)29-20(21,22)23/h2-7,13-14H,8-12H2,1H3,(H,24,26). The van der Waals surface area contributed by atoms with Crippen LogP contribution in [-0.4, -0.2) is 52.5 Å². The van der Waals surface area contributed by atoms with E-state index in [0.29, 0.717) is 22.8 Å². The quantitative estimate of drug-likeness (QED) is 0.694. The number of rotatable bonds is 5. The van der Waals surface area contributed by atoms with Crippen molar-refractivity contribution in [3.63, 3.8) is 0 Å². The van der Waals surface area contributed by atoms with Gasteiger partial charge < -0.3 is 15.0 Å². The van der Waals surface area contributed by atoms with Gasteiger partial charge in [0.2, 0.25) is 0 Å². The summed E-state index contributed by atoms with van der Waals surface area (Å²) in [6.45, 7) is 3.08. The summed E-state index contributed by atoms with van der Waals surface area (Å²) in [5.74, 6) is 1.10. The summed E-state index contributed by atoms with van der Waals surface area (Å²) in [6.07, 6.45) is -0.730. The van der Waals surface area contributed by atoms with Gasteiger partial charge in [-0.15, -0.1) is 18.3 Å². The highest BCUT2D eigenvalue weighted by Crippen LogP contribution is 2.27. The number of fused-ring (bicyclic) bond motifs is 1. The summed E-state index contributed by atoms with van der Waals surface area (Å²) in [5.41, 5.74) is 2.06. The van der Waals surface area contributed by atoms with Gasteiger partial charge >= 0.3 is 6.36 Å². The molecule has 0 unspecified atom stereocenters. The highest BCUT2D eigenvalue weighted by atomic mass is 19.4. The van der Waals surface area contributed by atoms with Crippen molar-refractivity contribution in [2.75, 3.05) is 32.0 Å².